The normalized spacial score (nSPS) is 27.7. The van der Waals surface area contributed by atoms with Crippen LogP contribution in [0.4, 0.5) is 43.9 Å². The van der Waals surface area contributed by atoms with E-state index in [0.717, 1.165) is 48.9 Å². The number of fused-ring (bicyclic) bond motifs is 5. The monoisotopic (exact) mass is 802 g/mol. The highest BCUT2D eigenvalue weighted by Crippen LogP contribution is 2.65. The maximum Gasteiger partial charge on any atom is 0.460 e. The molecule has 0 aliphatic heterocycles. The molecule has 3 aliphatic rings. The highest BCUT2D eigenvalue weighted by Gasteiger charge is 2.86. The summed E-state index contributed by atoms with van der Waals surface area (Å²) in [7, 11) is -7.05. The Balaban J connectivity index is 1.47. The second-order valence-corrected chi connectivity index (χ2v) is 15.0. The van der Waals surface area contributed by atoms with Gasteiger partial charge in [-0.3, -0.25) is 0 Å². The zero-order valence-corrected chi connectivity index (χ0v) is 27.1. The van der Waals surface area contributed by atoms with Crippen LogP contribution >= 0.6 is 22.6 Å². The lowest BCUT2D eigenvalue weighted by molar-refractivity contribution is -0.382. The molecule has 0 spiro atoms. The summed E-state index contributed by atoms with van der Waals surface area (Å²) in [5.74, 6) is -15.1. The molecule has 0 bridgehead atoms. The van der Waals surface area contributed by atoms with Gasteiger partial charge in [0.1, 0.15) is 11.5 Å². The average molecular weight is 803 g/mol. The second-order valence-electron chi connectivity index (χ2n) is 12.5. The number of ether oxygens (including phenoxy) is 1. The van der Waals surface area contributed by atoms with E-state index in [1.54, 1.807) is 12.1 Å². The van der Waals surface area contributed by atoms with Gasteiger partial charge in [-0.15, -0.1) is 0 Å². The van der Waals surface area contributed by atoms with Crippen molar-refractivity contribution in [3.8, 4) is 11.5 Å². The molecule has 0 heterocycles. The summed E-state index contributed by atoms with van der Waals surface area (Å²) in [6, 6.07) is 10.3. The zero-order chi connectivity index (χ0) is 34.1. The van der Waals surface area contributed by atoms with Gasteiger partial charge in [0.2, 0.25) is 6.36 Å². The van der Waals surface area contributed by atoms with Gasteiger partial charge >= 0.3 is 33.4 Å². The number of benzene rings is 2. The molecule has 2 fully saturated rings. The Labute approximate surface area is 272 Å². The molecular formula is C30H29F10IO4S. The molecule has 2 saturated carbocycles. The molecule has 4 nitrogen and oxygen atoms in total. The number of hydrogen-bond acceptors (Lipinski definition) is 4. The standard InChI is InChI=1S/C30H29F10IO4S/c1-26-12-2-3-23(26)21-10-6-17-13-19(45-46(42,43)30(39,40)28(34,35)27(32,33)29(36,37)38)9-11-20(17)25(21)22(14-26)16-4-7-18(8-5-16)44-24(31)15-41/h4-5,7-9,11,13,21-25H,2-3,6,10,12,14-15H2,1H3/t21-,22+,23-,24?,25+,26-/m0/s1. The summed E-state index contributed by atoms with van der Waals surface area (Å²) >= 11 is 1.86. The van der Waals surface area contributed by atoms with Crippen LogP contribution in [0.15, 0.2) is 42.5 Å². The van der Waals surface area contributed by atoms with E-state index in [4.69, 9.17) is 4.74 Å². The van der Waals surface area contributed by atoms with Crippen molar-refractivity contribution in [3.05, 3.63) is 59.2 Å². The maximum atomic E-state index is 14.3. The van der Waals surface area contributed by atoms with Gasteiger partial charge in [0.15, 0.2) is 0 Å². The third kappa shape index (κ3) is 5.74. The Hall–Kier alpha value is -1.98. The first kappa shape index (κ1) is 35.3. The molecule has 0 amide bonds. The first-order chi connectivity index (χ1) is 21.2. The fourth-order valence-corrected chi connectivity index (χ4v) is 8.83. The van der Waals surface area contributed by atoms with Gasteiger partial charge in [0, 0.05) is 0 Å². The van der Waals surface area contributed by atoms with Crippen molar-refractivity contribution in [2.45, 2.75) is 86.9 Å². The van der Waals surface area contributed by atoms with Crippen molar-refractivity contribution < 1.29 is 61.2 Å². The molecule has 0 saturated heterocycles. The third-order valence-electron chi connectivity index (χ3n) is 9.81. The van der Waals surface area contributed by atoms with Crippen LogP contribution < -0.4 is 8.92 Å². The largest absolute Gasteiger partial charge is 0.460 e. The third-order valence-corrected chi connectivity index (χ3v) is 11.8. The smallest absolute Gasteiger partial charge is 0.460 e. The van der Waals surface area contributed by atoms with Crippen molar-refractivity contribution in [2.24, 2.45) is 17.3 Å². The first-order valence-corrected chi connectivity index (χ1v) is 17.3. The van der Waals surface area contributed by atoms with Crippen molar-refractivity contribution in [2.75, 3.05) is 4.43 Å². The fourth-order valence-electron chi connectivity index (χ4n) is 7.74. The van der Waals surface area contributed by atoms with Crippen LogP contribution in [0.3, 0.4) is 0 Å². The molecule has 46 heavy (non-hydrogen) atoms. The minimum absolute atomic E-state index is 0.0240. The lowest BCUT2D eigenvalue weighted by Gasteiger charge is -2.53. The van der Waals surface area contributed by atoms with E-state index in [-0.39, 0.29) is 27.6 Å². The van der Waals surface area contributed by atoms with Gasteiger partial charge in [0.05, 0.1) is 4.43 Å². The Morgan fingerprint density at radius 2 is 1.57 bits per heavy atom. The minimum atomic E-state index is -7.39. The summed E-state index contributed by atoms with van der Waals surface area (Å²) in [4.78, 5) is 0. The molecule has 3 aliphatic carbocycles. The van der Waals surface area contributed by atoms with Crippen LogP contribution in [-0.4, -0.2) is 42.5 Å². The molecule has 5 rings (SSSR count). The lowest BCUT2D eigenvalue weighted by atomic mass is 9.51. The van der Waals surface area contributed by atoms with Crippen LogP contribution in [0, 0.1) is 17.3 Å². The maximum absolute atomic E-state index is 14.3. The van der Waals surface area contributed by atoms with Crippen molar-refractivity contribution >= 4 is 32.7 Å². The minimum Gasteiger partial charge on any atom is -0.460 e. The van der Waals surface area contributed by atoms with Crippen LogP contribution in [-0.2, 0) is 16.5 Å². The van der Waals surface area contributed by atoms with E-state index < -0.39 is 45.5 Å². The molecule has 0 aromatic heterocycles. The van der Waals surface area contributed by atoms with Crippen LogP contribution in [0.25, 0.3) is 0 Å². The molecule has 0 radical (unpaired) electrons. The SMILES string of the molecule is C[C@@]12CCC[C@H]1[C@@H]1CCc3cc(OS(=O)(=O)C(F)(F)C(F)(F)C(F)(F)C(F)(F)F)ccc3[C@H]1[C@@H](c1ccc(OC(F)CI)cc1)C2. The van der Waals surface area contributed by atoms with E-state index in [1.165, 1.54) is 6.07 Å². The number of halogens is 11. The Bertz CT molecular complexity index is 1550. The summed E-state index contributed by atoms with van der Waals surface area (Å²) in [6.45, 7) is 2.25. The van der Waals surface area contributed by atoms with Gasteiger partial charge in [-0.05, 0) is 102 Å². The van der Waals surface area contributed by atoms with Crippen molar-refractivity contribution in [1.82, 2.24) is 0 Å². The predicted octanol–water partition coefficient (Wildman–Crippen LogP) is 9.57. The van der Waals surface area contributed by atoms with Crippen molar-refractivity contribution in [1.29, 1.82) is 0 Å². The van der Waals surface area contributed by atoms with E-state index >= 15 is 0 Å². The molecule has 6 atom stereocenters. The van der Waals surface area contributed by atoms with Crippen LogP contribution in [0.5, 0.6) is 11.5 Å². The van der Waals surface area contributed by atoms with Crippen LogP contribution in [0.2, 0.25) is 0 Å². The molecule has 256 valence electrons. The summed E-state index contributed by atoms with van der Waals surface area (Å²) in [5.41, 5.74) is 2.13. The molecule has 2 aromatic rings. The fraction of sp³-hybridized carbons (Fsp3) is 0.600. The van der Waals surface area contributed by atoms with E-state index in [2.05, 4.69) is 11.1 Å². The number of alkyl halides is 11. The lowest BCUT2D eigenvalue weighted by Crippen LogP contribution is -2.63. The predicted molar refractivity (Wildman–Crippen MR) is 155 cm³/mol. The number of rotatable bonds is 9. The number of hydrogen-bond donors (Lipinski definition) is 0. The summed E-state index contributed by atoms with van der Waals surface area (Å²) in [5, 5.41) is -6.95. The summed E-state index contributed by atoms with van der Waals surface area (Å²) < 4.78 is 168. The Morgan fingerprint density at radius 3 is 2.17 bits per heavy atom. The highest BCUT2D eigenvalue weighted by molar-refractivity contribution is 14.1. The topological polar surface area (TPSA) is 52.6 Å². The first-order valence-electron chi connectivity index (χ1n) is 14.4. The van der Waals surface area contributed by atoms with E-state index in [1.807, 2.05) is 34.7 Å². The summed E-state index contributed by atoms with van der Waals surface area (Å²) in [6.07, 6.45) is -3.92. The van der Waals surface area contributed by atoms with Gasteiger partial charge in [-0.2, -0.15) is 47.9 Å². The van der Waals surface area contributed by atoms with Crippen LogP contribution in [0.1, 0.15) is 67.6 Å². The van der Waals surface area contributed by atoms with Crippen molar-refractivity contribution in [3.63, 3.8) is 0 Å². The van der Waals surface area contributed by atoms with Gasteiger partial charge in [-0.1, -0.05) is 54.1 Å². The average Bonchev–Trinajstić information content (AvgIpc) is 3.37. The Morgan fingerprint density at radius 1 is 0.935 bits per heavy atom. The van der Waals surface area contributed by atoms with Gasteiger partial charge < -0.3 is 8.92 Å². The highest BCUT2D eigenvalue weighted by atomic mass is 127. The van der Waals surface area contributed by atoms with E-state index in [9.17, 15) is 52.3 Å². The quantitative estimate of drug-likeness (QED) is 0.110. The molecule has 16 heteroatoms. The molecule has 0 N–H and O–H groups in total. The zero-order valence-electron chi connectivity index (χ0n) is 24.1. The second kappa shape index (κ2) is 11.9. The van der Waals surface area contributed by atoms with Gasteiger partial charge in [-0.25, -0.2) is 4.39 Å². The van der Waals surface area contributed by atoms with E-state index in [0.29, 0.717) is 30.1 Å². The Kier molecular flexibility index (Phi) is 9.11. The molecule has 2 aromatic carbocycles. The molecular weight excluding hydrogens is 773 g/mol. The van der Waals surface area contributed by atoms with Gasteiger partial charge in [0.25, 0.3) is 0 Å². The molecule has 1 unspecified atom stereocenters. The number of aryl methyl sites for hydroxylation is 1.